The molecule has 1 aliphatic carbocycles. The fourth-order valence-corrected chi connectivity index (χ4v) is 1.76. The Bertz CT molecular complexity index is 105. The fourth-order valence-electron chi connectivity index (χ4n) is 1.76. The Morgan fingerprint density at radius 1 is 1.25 bits per heavy atom. The molecule has 1 saturated heterocycles. The van der Waals surface area contributed by atoms with Crippen molar-refractivity contribution in [2.75, 3.05) is 6.54 Å². The smallest absolute Gasteiger partial charge is 0.0493 e. The van der Waals surface area contributed by atoms with Gasteiger partial charge in [0, 0.05) is 12.1 Å². The summed E-state index contributed by atoms with van der Waals surface area (Å²) in [7, 11) is 0. The molecule has 1 saturated carbocycles. The SMILES string of the molecule is NN1CC12CCCC2. The molecule has 1 atom stereocenters. The molecular weight excluding hydrogens is 100 g/mol. The van der Waals surface area contributed by atoms with Gasteiger partial charge in [-0.1, -0.05) is 12.8 Å². The summed E-state index contributed by atoms with van der Waals surface area (Å²) in [5.74, 6) is 5.60. The molecule has 8 heavy (non-hydrogen) atoms. The van der Waals surface area contributed by atoms with Crippen LogP contribution in [0.25, 0.3) is 0 Å². The standard InChI is InChI=1S/C6H12N2/c7-8-5-6(8)3-1-2-4-6/h1-5,7H2. The Hall–Kier alpha value is -0.0800. The van der Waals surface area contributed by atoms with Crippen LogP contribution in [0.1, 0.15) is 25.7 Å². The average Bonchev–Trinajstić information content (AvgIpc) is 2.29. The van der Waals surface area contributed by atoms with E-state index >= 15 is 0 Å². The summed E-state index contributed by atoms with van der Waals surface area (Å²) in [4.78, 5) is 0. The number of hydrogen-bond donors (Lipinski definition) is 1. The monoisotopic (exact) mass is 112 g/mol. The van der Waals surface area contributed by atoms with Gasteiger partial charge in [-0.05, 0) is 12.8 Å². The number of nitrogens with two attached hydrogens (primary N) is 1. The zero-order valence-electron chi connectivity index (χ0n) is 5.06. The van der Waals surface area contributed by atoms with Gasteiger partial charge in [-0.25, -0.2) is 5.01 Å². The summed E-state index contributed by atoms with van der Waals surface area (Å²) in [5.41, 5.74) is 0.514. The van der Waals surface area contributed by atoms with Crippen LogP contribution in [0.4, 0.5) is 0 Å². The summed E-state index contributed by atoms with van der Waals surface area (Å²) in [6, 6.07) is 0. The number of hydrazine groups is 1. The highest BCUT2D eigenvalue weighted by Crippen LogP contribution is 2.43. The summed E-state index contributed by atoms with van der Waals surface area (Å²) < 4.78 is 0. The normalized spacial score (nSPS) is 40.9. The largest absolute Gasteiger partial charge is 0.268 e. The summed E-state index contributed by atoms with van der Waals surface area (Å²) in [5, 5.41) is 1.99. The molecule has 1 unspecified atom stereocenters. The highest BCUT2D eigenvalue weighted by Gasteiger charge is 2.51. The maximum absolute atomic E-state index is 5.60. The van der Waals surface area contributed by atoms with Gasteiger partial charge >= 0.3 is 0 Å². The van der Waals surface area contributed by atoms with Crippen LogP contribution < -0.4 is 5.84 Å². The topological polar surface area (TPSA) is 29.0 Å². The van der Waals surface area contributed by atoms with Gasteiger partial charge in [-0.3, -0.25) is 5.84 Å². The van der Waals surface area contributed by atoms with Crippen molar-refractivity contribution in [3.8, 4) is 0 Å². The minimum absolute atomic E-state index is 0.514. The summed E-state index contributed by atoms with van der Waals surface area (Å²) >= 11 is 0. The zero-order valence-corrected chi connectivity index (χ0v) is 5.06. The third-order valence-electron chi connectivity index (χ3n) is 2.50. The number of nitrogens with zero attached hydrogens (tertiary/aromatic N) is 1. The van der Waals surface area contributed by atoms with Gasteiger partial charge in [0.2, 0.25) is 0 Å². The van der Waals surface area contributed by atoms with E-state index in [2.05, 4.69) is 0 Å². The van der Waals surface area contributed by atoms with E-state index in [1.165, 1.54) is 25.7 Å². The highest BCUT2D eigenvalue weighted by atomic mass is 15.6. The van der Waals surface area contributed by atoms with Gasteiger partial charge in [0.15, 0.2) is 0 Å². The van der Waals surface area contributed by atoms with Crippen molar-refractivity contribution >= 4 is 0 Å². The van der Waals surface area contributed by atoms with E-state index in [0.717, 1.165) is 6.54 Å². The van der Waals surface area contributed by atoms with Crippen LogP contribution in [0.15, 0.2) is 0 Å². The van der Waals surface area contributed by atoms with Crippen LogP contribution in [-0.4, -0.2) is 17.1 Å². The quantitative estimate of drug-likeness (QED) is 0.365. The molecule has 0 aromatic heterocycles. The van der Waals surface area contributed by atoms with Crippen LogP contribution in [0.5, 0.6) is 0 Å². The van der Waals surface area contributed by atoms with Gasteiger partial charge in [-0.15, -0.1) is 0 Å². The molecule has 2 nitrogen and oxygen atoms in total. The van der Waals surface area contributed by atoms with E-state index in [1.807, 2.05) is 5.01 Å². The Balaban J connectivity index is 2.06. The minimum atomic E-state index is 0.514. The molecule has 0 bridgehead atoms. The van der Waals surface area contributed by atoms with E-state index < -0.39 is 0 Å². The Labute approximate surface area is 49.6 Å². The van der Waals surface area contributed by atoms with Crippen molar-refractivity contribution in [1.82, 2.24) is 5.01 Å². The third kappa shape index (κ3) is 0.446. The zero-order chi connectivity index (χ0) is 5.61. The molecule has 1 spiro atoms. The Morgan fingerprint density at radius 3 is 2.00 bits per heavy atom. The lowest BCUT2D eigenvalue weighted by atomic mass is 10.1. The first-order chi connectivity index (χ1) is 3.83. The molecular formula is C6H12N2. The molecule has 2 aliphatic rings. The maximum Gasteiger partial charge on any atom is 0.0493 e. The number of hydrogen-bond acceptors (Lipinski definition) is 2. The molecule has 0 aromatic carbocycles. The van der Waals surface area contributed by atoms with Crippen molar-refractivity contribution in [3.05, 3.63) is 0 Å². The van der Waals surface area contributed by atoms with Gasteiger partial charge in [-0.2, -0.15) is 0 Å². The Morgan fingerprint density at radius 2 is 1.75 bits per heavy atom. The third-order valence-corrected chi connectivity index (χ3v) is 2.50. The predicted octanol–water partition coefficient (Wildman–Crippen LogP) is 0.488. The Kier molecular flexibility index (Phi) is 0.746. The average molecular weight is 112 g/mol. The molecule has 2 rings (SSSR count). The first kappa shape index (κ1) is 4.77. The lowest BCUT2D eigenvalue weighted by Gasteiger charge is -2.02. The van der Waals surface area contributed by atoms with Crippen LogP contribution in [0, 0.1) is 0 Å². The van der Waals surface area contributed by atoms with Crippen molar-refractivity contribution in [2.45, 2.75) is 31.2 Å². The molecule has 46 valence electrons. The second kappa shape index (κ2) is 1.25. The molecule has 0 aromatic rings. The van der Waals surface area contributed by atoms with E-state index in [0.29, 0.717) is 5.54 Å². The van der Waals surface area contributed by atoms with Gasteiger partial charge in [0.25, 0.3) is 0 Å². The maximum atomic E-state index is 5.60. The van der Waals surface area contributed by atoms with Crippen LogP contribution in [-0.2, 0) is 0 Å². The van der Waals surface area contributed by atoms with E-state index in [1.54, 1.807) is 0 Å². The molecule has 0 radical (unpaired) electrons. The molecule has 1 heterocycles. The lowest BCUT2D eigenvalue weighted by Crippen LogP contribution is -2.18. The molecule has 1 aliphatic heterocycles. The minimum Gasteiger partial charge on any atom is -0.268 e. The fraction of sp³-hybridized carbons (Fsp3) is 1.00. The van der Waals surface area contributed by atoms with E-state index in [4.69, 9.17) is 5.84 Å². The van der Waals surface area contributed by atoms with Crippen molar-refractivity contribution < 1.29 is 0 Å². The van der Waals surface area contributed by atoms with Crippen LogP contribution in [0.2, 0.25) is 0 Å². The molecule has 2 N–H and O–H groups in total. The van der Waals surface area contributed by atoms with Gasteiger partial charge in [0.05, 0.1) is 0 Å². The lowest BCUT2D eigenvalue weighted by molar-refractivity contribution is 0.425. The molecule has 2 heteroatoms. The molecule has 0 amide bonds. The van der Waals surface area contributed by atoms with Crippen molar-refractivity contribution in [2.24, 2.45) is 5.84 Å². The summed E-state index contributed by atoms with van der Waals surface area (Å²) in [6.07, 6.45) is 5.49. The van der Waals surface area contributed by atoms with Gasteiger partial charge in [0.1, 0.15) is 0 Å². The second-order valence-electron chi connectivity index (χ2n) is 3.06. The first-order valence-corrected chi connectivity index (χ1v) is 3.36. The van der Waals surface area contributed by atoms with Crippen LogP contribution >= 0.6 is 0 Å². The van der Waals surface area contributed by atoms with Crippen LogP contribution in [0.3, 0.4) is 0 Å². The van der Waals surface area contributed by atoms with Crippen molar-refractivity contribution in [3.63, 3.8) is 0 Å². The van der Waals surface area contributed by atoms with E-state index in [-0.39, 0.29) is 0 Å². The van der Waals surface area contributed by atoms with E-state index in [9.17, 15) is 0 Å². The highest BCUT2D eigenvalue weighted by molar-refractivity contribution is 5.06. The molecule has 2 fully saturated rings. The van der Waals surface area contributed by atoms with Gasteiger partial charge < -0.3 is 0 Å². The predicted molar refractivity (Wildman–Crippen MR) is 32.1 cm³/mol. The second-order valence-corrected chi connectivity index (χ2v) is 3.06. The van der Waals surface area contributed by atoms with Crippen molar-refractivity contribution in [1.29, 1.82) is 0 Å². The summed E-state index contributed by atoms with van der Waals surface area (Å²) in [6.45, 7) is 1.16. The first-order valence-electron chi connectivity index (χ1n) is 3.36. The number of rotatable bonds is 0.